The van der Waals surface area contributed by atoms with Crippen LogP contribution in [0.5, 0.6) is 11.5 Å². The quantitative estimate of drug-likeness (QED) is 0.0142. The normalized spacial score (nSPS) is 13.8. The number of carboxylic acid groups (broad SMARTS) is 3. The minimum Gasteiger partial charge on any atom is -0.508 e. The van der Waals surface area contributed by atoms with Crippen molar-refractivity contribution >= 4 is 107 Å². The number of primary amides is 1. The summed E-state index contributed by atoms with van der Waals surface area (Å²) in [7, 11) is 0. The van der Waals surface area contributed by atoms with Crippen molar-refractivity contribution in [3.63, 3.8) is 0 Å². The van der Waals surface area contributed by atoms with Gasteiger partial charge in [0, 0.05) is 57.2 Å². The molecule has 0 aliphatic carbocycles. The van der Waals surface area contributed by atoms with Crippen LogP contribution >= 0.6 is 11.8 Å². The summed E-state index contributed by atoms with van der Waals surface area (Å²) in [6.45, 7) is -0.183. The second kappa shape index (κ2) is 43.7. The molecule has 3 rings (SSSR count). The number of phenolic OH excluding ortho intramolecular Hbond substituents is 2. The molecule has 101 heavy (non-hydrogen) atoms. The Kier molecular flexibility index (Phi) is 36.2. The van der Waals surface area contributed by atoms with E-state index in [2.05, 4.69) is 72.8 Å². The maximum atomic E-state index is 14.9. The Morgan fingerprint density at radius 3 is 1.16 bits per heavy atom. The molecule has 0 saturated heterocycles. The van der Waals surface area contributed by atoms with Gasteiger partial charge in [-0.05, 0) is 98.8 Å². The Bertz CT molecular complexity index is 3390. The molecule has 40 nitrogen and oxygen atoms in total. The molecular formula is C60H90N22O18S. The van der Waals surface area contributed by atoms with Gasteiger partial charge in [-0.3, -0.25) is 72.5 Å². The number of aromatic nitrogens is 2. The van der Waals surface area contributed by atoms with E-state index in [1.54, 1.807) is 6.26 Å². The van der Waals surface area contributed by atoms with Gasteiger partial charge in [-0.1, -0.05) is 24.3 Å². The predicted octanol–water partition coefficient (Wildman–Crippen LogP) is -7.25. The average Bonchev–Trinajstić information content (AvgIpc) is 1.30. The molecule has 0 aliphatic rings. The van der Waals surface area contributed by atoms with E-state index in [9.17, 15) is 87.9 Å². The Morgan fingerprint density at radius 2 is 0.792 bits per heavy atom. The summed E-state index contributed by atoms with van der Waals surface area (Å²) in [5.74, 6) is -16.5. The molecule has 0 saturated carbocycles. The van der Waals surface area contributed by atoms with Crippen molar-refractivity contribution in [3.8, 4) is 11.5 Å². The number of nitrogens with two attached hydrogens (primary N) is 8. The summed E-state index contributed by atoms with van der Waals surface area (Å²) in [5.41, 5.74) is 45.1. The second-order valence-corrected chi connectivity index (χ2v) is 23.8. The van der Waals surface area contributed by atoms with Crippen molar-refractivity contribution in [3.05, 3.63) is 77.9 Å². The third kappa shape index (κ3) is 33.1. The van der Waals surface area contributed by atoms with Crippen LogP contribution in [-0.4, -0.2) is 222 Å². The third-order valence-electron chi connectivity index (χ3n) is 14.6. The fourth-order valence-corrected chi connectivity index (χ4v) is 9.95. The molecule has 41 heteroatoms. The number of guanidine groups is 3. The van der Waals surface area contributed by atoms with Crippen molar-refractivity contribution in [2.45, 2.75) is 150 Å². The Morgan fingerprint density at radius 1 is 0.446 bits per heavy atom. The molecule has 0 aliphatic heterocycles. The van der Waals surface area contributed by atoms with E-state index in [1.807, 2.05) is 0 Å². The second-order valence-electron chi connectivity index (χ2n) is 22.8. The molecule has 0 radical (unpaired) electrons. The number of phenols is 2. The number of carboxylic acids is 3. The van der Waals surface area contributed by atoms with Crippen LogP contribution in [-0.2, 0) is 81.6 Å². The lowest BCUT2D eigenvalue weighted by molar-refractivity contribution is -0.142. The fourth-order valence-electron chi connectivity index (χ4n) is 9.47. The van der Waals surface area contributed by atoms with E-state index in [0.29, 0.717) is 16.8 Å². The van der Waals surface area contributed by atoms with Crippen LogP contribution in [0.1, 0.15) is 87.4 Å². The highest BCUT2D eigenvalue weighted by Gasteiger charge is 2.37. The molecule has 1 heterocycles. The number of amides is 10. The number of aromatic amines is 1. The topological polar surface area (TPSA) is 705 Å². The van der Waals surface area contributed by atoms with Gasteiger partial charge < -0.3 is 124 Å². The van der Waals surface area contributed by atoms with Crippen LogP contribution in [0, 0.1) is 0 Å². The number of aromatic hydroxyl groups is 2. The summed E-state index contributed by atoms with van der Waals surface area (Å²) in [6, 6.07) is -5.98. The summed E-state index contributed by atoms with van der Waals surface area (Å²) < 4.78 is 0. The number of rotatable bonds is 47. The van der Waals surface area contributed by atoms with Crippen molar-refractivity contribution < 1.29 is 87.9 Å². The lowest BCUT2D eigenvalue weighted by Crippen LogP contribution is -2.61. The van der Waals surface area contributed by atoms with Crippen molar-refractivity contribution in [1.29, 1.82) is 0 Å². The molecule has 2 aromatic carbocycles. The number of hydrogen-bond donors (Lipinski definition) is 23. The number of carbonyl (C=O) groups is 13. The zero-order valence-electron chi connectivity index (χ0n) is 55.1. The van der Waals surface area contributed by atoms with Crippen LogP contribution in [0.4, 0.5) is 0 Å². The van der Waals surface area contributed by atoms with Crippen molar-refractivity contribution in [1.82, 2.24) is 57.8 Å². The van der Waals surface area contributed by atoms with E-state index in [4.69, 9.17) is 45.9 Å². The highest BCUT2D eigenvalue weighted by molar-refractivity contribution is 7.98. The van der Waals surface area contributed by atoms with Crippen molar-refractivity contribution in [2.75, 3.05) is 31.6 Å². The number of nitrogens with zero attached hydrogens (tertiary/aromatic N) is 4. The summed E-state index contributed by atoms with van der Waals surface area (Å²) in [5, 5.41) is 71.3. The fraction of sp³-hybridized carbons (Fsp3) is 0.483. The van der Waals surface area contributed by atoms with Crippen LogP contribution in [0.3, 0.4) is 0 Å². The SMILES string of the molecule is CSCC[C@H](NC(=O)[C@H](CC(N)=O)NC(=O)[C@H](CCC(=O)O)NC(=O)[C@H](CCCN=C(N)N)NC(=O)[C@H](Cc1ccc(O)cc1)NC(=O)[C@H](Cc1ccc(O)cc1)NC(=O)[C@H](CCCN=C(N)N)NC(=O)[C@@H](N)CC(=O)O)C(=O)N[C@@H](Cc1cnc[nH]1)C(=O)N[C@@H](CCCN=C(N)N)C(=O)O. The van der Waals surface area contributed by atoms with Gasteiger partial charge in [0.1, 0.15) is 65.9 Å². The molecule has 10 amide bonds. The number of hydrogen-bond acceptors (Lipinski definition) is 21. The molecular weight excluding hydrogens is 1350 g/mol. The van der Waals surface area contributed by atoms with Gasteiger partial charge in [-0.25, -0.2) is 9.78 Å². The van der Waals surface area contributed by atoms with E-state index in [-0.39, 0.29) is 113 Å². The minimum atomic E-state index is -1.96. The van der Waals surface area contributed by atoms with Gasteiger partial charge in [0.15, 0.2) is 17.9 Å². The number of nitrogens with one attached hydrogen (secondary N) is 10. The number of aliphatic imine (C=N–C) groups is 3. The monoisotopic (exact) mass is 1440 g/mol. The maximum Gasteiger partial charge on any atom is 0.326 e. The predicted molar refractivity (Wildman–Crippen MR) is 365 cm³/mol. The van der Waals surface area contributed by atoms with Crippen LogP contribution in [0.2, 0.25) is 0 Å². The Hall–Kier alpha value is -11.5. The molecule has 0 spiro atoms. The van der Waals surface area contributed by atoms with Crippen LogP contribution < -0.4 is 93.7 Å². The van der Waals surface area contributed by atoms with E-state index in [1.165, 1.54) is 72.8 Å². The Balaban J connectivity index is 2.06. The summed E-state index contributed by atoms with van der Waals surface area (Å²) in [6.07, 6.45) is -0.860. The van der Waals surface area contributed by atoms with Gasteiger partial charge in [-0.2, -0.15) is 11.8 Å². The molecule has 1 aromatic heterocycles. The van der Waals surface area contributed by atoms with E-state index in [0.717, 1.165) is 0 Å². The molecule has 31 N–H and O–H groups in total. The van der Waals surface area contributed by atoms with Crippen molar-refractivity contribution in [2.24, 2.45) is 60.8 Å². The number of H-pyrrole nitrogens is 1. The molecule has 0 fully saturated rings. The van der Waals surface area contributed by atoms with Crippen LogP contribution in [0.25, 0.3) is 0 Å². The van der Waals surface area contributed by atoms with Gasteiger partial charge in [0.2, 0.25) is 59.1 Å². The van der Waals surface area contributed by atoms with Gasteiger partial charge >= 0.3 is 17.9 Å². The van der Waals surface area contributed by atoms with E-state index < -0.39 is 170 Å². The Labute approximate surface area is 582 Å². The number of thioether (sulfide) groups is 1. The molecule has 3 aromatic rings. The average molecular weight is 1440 g/mol. The first-order valence-corrected chi connectivity index (χ1v) is 32.8. The van der Waals surface area contributed by atoms with Gasteiger partial charge in [0.05, 0.1) is 25.2 Å². The third-order valence-corrected chi connectivity index (χ3v) is 15.3. The number of aliphatic carboxylic acids is 3. The molecule has 10 atom stereocenters. The standard InChI is InChI=1S/C60H90N22O18S/c1-101-22-18-39(52(94)81-43(25-32-28-69-29-73-32)55(97)78-40(57(99)100)7-4-21-72-60(67)68)77-56(98)44(27-45(62)85)82-51(93)38(16-17-46(86)87)76-49(91)37(6-3-20-71-59(65)66)75-53(95)41(23-30-8-12-33(83)13-9-30)80-54(96)42(24-31-10-14-34(84)15-11-31)79-50(92)36(5-2-19-70-58(63)64)74-48(90)35(61)26-47(88)89/h8-15,28-29,35-44,83-84H,2-7,16-27,61H2,1H3,(H2,62,85)(H,69,73)(H,74,90)(H,75,95)(H,76,91)(H,77,98)(H,78,97)(H,79,92)(H,80,96)(H,81,94)(H,82,93)(H,86,87)(H,88,89)(H,99,100)(H4,63,64,70)(H4,65,66,71)(H4,67,68,72)/t35-,36-,37-,38-,39-,40-,41-,42-,43-,44-/m0/s1. The lowest BCUT2D eigenvalue weighted by Gasteiger charge is -2.28. The smallest absolute Gasteiger partial charge is 0.326 e. The minimum absolute atomic E-state index is 0.0282. The van der Waals surface area contributed by atoms with E-state index >= 15 is 0 Å². The number of benzene rings is 2. The first kappa shape index (κ1) is 83.7. The van der Waals surface area contributed by atoms with Crippen LogP contribution in [0.15, 0.2) is 76.0 Å². The number of imidazole rings is 1. The zero-order valence-corrected chi connectivity index (χ0v) is 56.0. The largest absolute Gasteiger partial charge is 0.508 e. The molecule has 0 bridgehead atoms. The first-order chi connectivity index (χ1) is 47.7. The summed E-state index contributed by atoms with van der Waals surface area (Å²) in [4.78, 5) is 195. The first-order valence-electron chi connectivity index (χ1n) is 31.4. The van der Waals surface area contributed by atoms with Gasteiger partial charge in [0.25, 0.3) is 0 Å². The zero-order chi connectivity index (χ0) is 75.3. The molecule has 554 valence electrons. The highest BCUT2D eigenvalue weighted by Crippen LogP contribution is 2.16. The molecule has 0 unspecified atom stereocenters. The number of carbonyl (C=O) groups excluding carboxylic acids is 10. The summed E-state index contributed by atoms with van der Waals surface area (Å²) >= 11 is 1.23. The van der Waals surface area contributed by atoms with Gasteiger partial charge in [-0.15, -0.1) is 0 Å². The lowest BCUT2D eigenvalue weighted by atomic mass is 10.0. The maximum absolute atomic E-state index is 14.9. The highest BCUT2D eigenvalue weighted by atomic mass is 32.2.